The van der Waals surface area contributed by atoms with Crippen LogP contribution >= 0.6 is 0 Å². The number of rotatable bonds is 28. The third-order valence-electron chi connectivity index (χ3n) is 10.9. The van der Waals surface area contributed by atoms with Crippen molar-refractivity contribution >= 4 is 23.6 Å². The van der Waals surface area contributed by atoms with Crippen molar-refractivity contribution in [2.24, 2.45) is 17.4 Å². The predicted molar refractivity (Wildman–Crippen MR) is 214 cm³/mol. The molecule has 3 rings (SSSR count). The molecule has 6 N–H and O–H groups in total. The van der Waals surface area contributed by atoms with Crippen molar-refractivity contribution in [1.29, 1.82) is 0 Å². The maximum absolute atomic E-state index is 12.6. The molecule has 0 spiro atoms. The zero-order valence-corrected chi connectivity index (χ0v) is 34.0. The number of nitrogens with zero attached hydrogens (tertiary/aromatic N) is 2. The van der Waals surface area contributed by atoms with Gasteiger partial charge in [0, 0.05) is 39.7 Å². The molecule has 3 aliphatic rings. The molecule has 0 aromatic rings. The SMILES string of the molecule is COCCOCCOCC(=O)N1CCCC1C(=O)NCCCCCCCN.NCCCCCCCNC(=O)C1CCCN1C(=O)CCCC1CCCCC1. The van der Waals surface area contributed by atoms with E-state index >= 15 is 0 Å². The highest BCUT2D eigenvalue weighted by molar-refractivity contribution is 5.89. The number of ether oxygens (including phenoxy) is 3. The molecule has 4 amide bonds. The van der Waals surface area contributed by atoms with E-state index in [1.807, 2.05) is 4.90 Å². The lowest BCUT2D eigenvalue weighted by atomic mass is 9.86. The molecule has 1 aliphatic carbocycles. The largest absolute Gasteiger partial charge is 0.382 e. The topological polar surface area (TPSA) is 179 Å². The predicted octanol–water partition coefficient (Wildman–Crippen LogP) is 4.44. The van der Waals surface area contributed by atoms with Gasteiger partial charge in [-0.15, -0.1) is 0 Å². The van der Waals surface area contributed by atoms with Crippen LogP contribution < -0.4 is 22.1 Å². The number of hydrogen-bond donors (Lipinski definition) is 4. The van der Waals surface area contributed by atoms with Crippen LogP contribution in [0.5, 0.6) is 0 Å². The molecular weight excluding hydrogens is 688 g/mol. The number of likely N-dealkylation sites (tertiary alicyclic amines) is 2. The minimum Gasteiger partial charge on any atom is -0.382 e. The lowest BCUT2D eigenvalue weighted by Gasteiger charge is -2.25. The molecule has 0 aromatic carbocycles. The average Bonchev–Trinajstić information content (AvgIpc) is 3.89. The van der Waals surface area contributed by atoms with Crippen molar-refractivity contribution in [2.75, 3.05) is 79.4 Å². The maximum atomic E-state index is 12.6. The van der Waals surface area contributed by atoms with Crippen LogP contribution in [-0.4, -0.2) is 125 Å². The molecule has 54 heavy (non-hydrogen) atoms. The summed E-state index contributed by atoms with van der Waals surface area (Å²) in [6.07, 6.45) is 23.9. The van der Waals surface area contributed by atoms with E-state index in [0.29, 0.717) is 52.4 Å². The van der Waals surface area contributed by atoms with Crippen LogP contribution in [0.25, 0.3) is 0 Å². The lowest BCUT2D eigenvalue weighted by molar-refractivity contribution is -0.142. The van der Waals surface area contributed by atoms with Gasteiger partial charge in [-0.05, 0) is 83.2 Å². The van der Waals surface area contributed by atoms with E-state index in [2.05, 4.69) is 10.6 Å². The van der Waals surface area contributed by atoms with Gasteiger partial charge in [0.15, 0.2) is 0 Å². The molecule has 2 heterocycles. The summed E-state index contributed by atoms with van der Waals surface area (Å²) in [5, 5.41) is 6.02. The molecular formula is C41H78N6O7. The van der Waals surface area contributed by atoms with Gasteiger partial charge >= 0.3 is 0 Å². The fourth-order valence-electron chi connectivity index (χ4n) is 7.70. The minimum absolute atomic E-state index is 0.0153. The fraction of sp³-hybridized carbons (Fsp3) is 0.902. The quantitative estimate of drug-likeness (QED) is 0.0839. The van der Waals surface area contributed by atoms with Crippen molar-refractivity contribution in [1.82, 2.24) is 20.4 Å². The van der Waals surface area contributed by atoms with Gasteiger partial charge in [0.25, 0.3) is 0 Å². The molecule has 2 saturated heterocycles. The Bertz CT molecular complexity index is 963. The Labute approximate surface area is 327 Å². The summed E-state index contributed by atoms with van der Waals surface area (Å²) in [4.78, 5) is 53.3. The lowest BCUT2D eigenvalue weighted by Crippen LogP contribution is -2.47. The zero-order chi connectivity index (χ0) is 39.1. The third kappa shape index (κ3) is 21.1. The van der Waals surface area contributed by atoms with Crippen LogP contribution in [0.2, 0.25) is 0 Å². The van der Waals surface area contributed by atoms with E-state index in [0.717, 1.165) is 109 Å². The Morgan fingerprint density at radius 2 is 1.07 bits per heavy atom. The standard InChI is InChI=1S/C22H41N3O2.C19H37N3O5/c23-16-7-2-1-3-8-17-24-22(27)20-14-10-18-25(20)21(26)15-9-13-19-11-5-4-6-12-19;1-25-12-13-26-14-15-27-16-18(23)22-11-7-8-17(22)19(24)21-10-6-4-2-3-5-9-20/h19-20H,1-18,23H2,(H,24,27);17H,2-16,20H2,1H3,(H,21,24). The Morgan fingerprint density at radius 3 is 1.63 bits per heavy atom. The van der Waals surface area contributed by atoms with E-state index < -0.39 is 0 Å². The number of hydrogen-bond acceptors (Lipinski definition) is 9. The highest BCUT2D eigenvalue weighted by atomic mass is 16.5. The van der Waals surface area contributed by atoms with E-state index in [1.54, 1.807) is 12.0 Å². The molecule has 13 nitrogen and oxygen atoms in total. The minimum atomic E-state index is -0.365. The summed E-state index contributed by atoms with van der Waals surface area (Å²) >= 11 is 0. The van der Waals surface area contributed by atoms with Gasteiger partial charge in [-0.1, -0.05) is 70.6 Å². The van der Waals surface area contributed by atoms with Crippen LogP contribution in [0.4, 0.5) is 0 Å². The molecule has 2 atom stereocenters. The molecule has 0 bridgehead atoms. The molecule has 0 aromatic heterocycles. The first kappa shape index (κ1) is 47.8. The molecule has 13 heteroatoms. The van der Waals surface area contributed by atoms with E-state index in [-0.39, 0.29) is 42.3 Å². The van der Waals surface area contributed by atoms with Crippen molar-refractivity contribution in [3.05, 3.63) is 0 Å². The summed E-state index contributed by atoms with van der Waals surface area (Å²) < 4.78 is 15.5. The molecule has 0 radical (unpaired) electrons. The third-order valence-corrected chi connectivity index (χ3v) is 10.9. The smallest absolute Gasteiger partial charge is 0.249 e. The number of nitrogens with two attached hydrogens (primary N) is 2. The number of unbranched alkanes of at least 4 members (excludes halogenated alkanes) is 8. The second kappa shape index (κ2) is 31.8. The molecule has 1 saturated carbocycles. The Hall–Kier alpha value is -2.32. The first-order chi connectivity index (χ1) is 26.4. The van der Waals surface area contributed by atoms with Gasteiger partial charge < -0.3 is 46.1 Å². The number of nitrogens with one attached hydrogen (secondary N) is 2. The number of methoxy groups -OCH3 is 1. The van der Waals surface area contributed by atoms with Gasteiger partial charge in [-0.25, -0.2) is 0 Å². The normalized spacial score (nSPS) is 18.7. The average molecular weight is 767 g/mol. The summed E-state index contributed by atoms with van der Waals surface area (Å²) in [7, 11) is 1.62. The highest BCUT2D eigenvalue weighted by Crippen LogP contribution is 2.28. The molecule has 3 fully saturated rings. The second-order valence-electron chi connectivity index (χ2n) is 15.2. The first-order valence-electron chi connectivity index (χ1n) is 21.6. The molecule has 2 unspecified atom stereocenters. The van der Waals surface area contributed by atoms with Crippen molar-refractivity contribution in [3.8, 4) is 0 Å². The summed E-state index contributed by atoms with van der Waals surface area (Å²) in [5.41, 5.74) is 11.0. The number of carbonyl (C=O) groups excluding carboxylic acids is 4. The molecule has 2 aliphatic heterocycles. The Balaban J connectivity index is 0.000000373. The second-order valence-corrected chi connectivity index (χ2v) is 15.2. The zero-order valence-electron chi connectivity index (χ0n) is 34.0. The van der Waals surface area contributed by atoms with Crippen molar-refractivity contribution < 1.29 is 33.4 Å². The van der Waals surface area contributed by atoms with Gasteiger partial charge in [0.2, 0.25) is 23.6 Å². The van der Waals surface area contributed by atoms with Crippen LogP contribution in [0.3, 0.4) is 0 Å². The first-order valence-corrected chi connectivity index (χ1v) is 21.6. The van der Waals surface area contributed by atoms with Gasteiger partial charge in [0.1, 0.15) is 18.7 Å². The van der Waals surface area contributed by atoms with Crippen LogP contribution in [-0.2, 0) is 33.4 Å². The highest BCUT2D eigenvalue weighted by Gasteiger charge is 2.34. The van der Waals surface area contributed by atoms with Gasteiger partial charge in [-0.3, -0.25) is 19.2 Å². The van der Waals surface area contributed by atoms with E-state index in [4.69, 9.17) is 25.7 Å². The van der Waals surface area contributed by atoms with Crippen LogP contribution in [0, 0.1) is 5.92 Å². The van der Waals surface area contributed by atoms with E-state index in [1.165, 1.54) is 51.4 Å². The van der Waals surface area contributed by atoms with Crippen molar-refractivity contribution in [2.45, 2.75) is 153 Å². The van der Waals surface area contributed by atoms with Crippen LogP contribution in [0.1, 0.15) is 141 Å². The maximum Gasteiger partial charge on any atom is 0.249 e. The summed E-state index contributed by atoms with van der Waals surface area (Å²) in [6.45, 7) is 6.07. The Morgan fingerprint density at radius 1 is 0.574 bits per heavy atom. The van der Waals surface area contributed by atoms with Gasteiger partial charge in [0.05, 0.1) is 26.4 Å². The Kier molecular flexibility index (Phi) is 28.2. The monoisotopic (exact) mass is 767 g/mol. The number of carbonyl (C=O) groups is 4. The summed E-state index contributed by atoms with van der Waals surface area (Å²) in [6, 6.07) is -0.597. The fourth-order valence-corrected chi connectivity index (χ4v) is 7.70. The number of amides is 4. The van der Waals surface area contributed by atoms with Crippen molar-refractivity contribution in [3.63, 3.8) is 0 Å². The van der Waals surface area contributed by atoms with E-state index in [9.17, 15) is 19.2 Å². The molecule has 314 valence electrons. The van der Waals surface area contributed by atoms with Crippen LogP contribution in [0.15, 0.2) is 0 Å². The van der Waals surface area contributed by atoms with Gasteiger partial charge in [-0.2, -0.15) is 0 Å². The summed E-state index contributed by atoms with van der Waals surface area (Å²) in [5.74, 6) is 0.881.